The van der Waals surface area contributed by atoms with E-state index in [9.17, 15) is 4.79 Å². The third kappa shape index (κ3) is 6.32. The number of amides is 1. The fourth-order valence-corrected chi connectivity index (χ4v) is 2.51. The summed E-state index contributed by atoms with van der Waals surface area (Å²) in [6.45, 7) is 4.90. The van der Waals surface area contributed by atoms with Crippen LogP contribution in [0.1, 0.15) is 11.1 Å². The Bertz CT molecular complexity index is 653. The van der Waals surface area contributed by atoms with Crippen molar-refractivity contribution in [2.45, 2.75) is 13.8 Å². The van der Waals surface area contributed by atoms with Crippen LogP contribution in [0.5, 0.6) is 11.5 Å². The van der Waals surface area contributed by atoms with Crippen LogP contribution in [-0.4, -0.2) is 25.7 Å². The smallest absolute Gasteiger partial charge is 0.258 e. The molecule has 0 aliphatic heterocycles. The van der Waals surface area contributed by atoms with E-state index in [2.05, 4.69) is 27.3 Å². The second kappa shape index (κ2) is 8.58. The van der Waals surface area contributed by atoms with E-state index in [1.165, 1.54) is 0 Å². The minimum atomic E-state index is -0.172. The lowest BCUT2D eigenvalue weighted by Gasteiger charge is -2.10. The lowest BCUT2D eigenvalue weighted by molar-refractivity contribution is -0.123. The molecule has 0 unspecified atom stereocenters. The van der Waals surface area contributed by atoms with E-state index in [0.29, 0.717) is 18.9 Å². The number of hydrogen-bond donors (Lipinski definition) is 1. The maximum absolute atomic E-state index is 11.7. The SMILES string of the molecule is Cc1cc(C)cc(OCCNC(=O)COc2cccc(Br)c2)c1. The van der Waals surface area contributed by atoms with Crippen LogP contribution in [0.3, 0.4) is 0 Å². The molecule has 1 N–H and O–H groups in total. The first-order chi connectivity index (χ1) is 11.0. The van der Waals surface area contributed by atoms with Crippen LogP contribution < -0.4 is 14.8 Å². The molecule has 0 aliphatic rings. The standard InChI is InChI=1S/C18H20BrNO3/c1-13-8-14(2)10-17(9-13)22-7-6-20-18(21)12-23-16-5-3-4-15(19)11-16/h3-5,8-11H,6-7,12H2,1-2H3,(H,20,21). The molecule has 2 aromatic rings. The van der Waals surface area contributed by atoms with E-state index in [1.807, 2.05) is 44.2 Å². The Kier molecular flexibility index (Phi) is 6.47. The van der Waals surface area contributed by atoms with E-state index < -0.39 is 0 Å². The second-order valence-electron chi connectivity index (χ2n) is 5.27. The van der Waals surface area contributed by atoms with Crippen LogP contribution in [0.4, 0.5) is 0 Å². The van der Waals surface area contributed by atoms with Crippen LogP contribution in [0.25, 0.3) is 0 Å². The number of hydrogen-bond acceptors (Lipinski definition) is 3. The van der Waals surface area contributed by atoms with E-state index in [4.69, 9.17) is 9.47 Å². The van der Waals surface area contributed by atoms with Crippen molar-refractivity contribution < 1.29 is 14.3 Å². The Morgan fingerprint density at radius 1 is 1.04 bits per heavy atom. The minimum Gasteiger partial charge on any atom is -0.492 e. The van der Waals surface area contributed by atoms with Crippen molar-refractivity contribution in [2.24, 2.45) is 0 Å². The molecule has 0 spiro atoms. The summed E-state index contributed by atoms with van der Waals surface area (Å²) in [4.78, 5) is 11.7. The van der Waals surface area contributed by atoms with Crippen molar-refractivity contribution in [1.29, 1.82) is 0 Å². The molecule has 0 aromatic heterocycles. The van der Waals surface area contributed by atoms with Gasteiger partial charge in [-0.15, -0.1) is 0 Å². The fourth-order valence-electron chi connectivity index (χ4n) is 2.13. The van der Waals surface area contributed by atoms with Crippen molar-refractivity contribution in [3.63, 3.8) is 0 Å². The number of halogens is 1. The minimum absolute atomic E-state index is 0.0139. The topological polar surface area (TPSA) is 47.6 Å². The van der Waals surface area contributed by atoms with Crippen LogP contribution in [0.2, 0.25) is 0 Å². The molecular weight excluding hydrogens is 358 g/mol. The van der Waals surface area contributed by atoms with E-state index >= 15 is 0 Å². The predicted octanol–water partition coefficient (Wildman–Crippen LogP) is 3.64. The Labute approximate surface area is 144 Å². The molecule has 0 bridgehead atoms. The summed E-state index contributed by atoms with van der Waals surface area (Å²) in [6, 6.07) is 13.4. The summed E-state index contributed by atoms with van der Waals surface area (Å²) in [5.74, 6) is 1.30. The molecule has 1 amide bonds. The third-order valence-corrected chi connectivity index (χ3v) is 3.55. The number of ether oxygens (including phenoxy) is 2. The monoisotopic (exact) mass is 377 g/mol. The first kappa shape index (κ1) is 17.3. The Hall–Kier alpha value is -2.01. The van der Waals surface area contributed by atoms with Crippen LogP contribution in [0.15, 0.2) is 46.9 Å². The molecule has 0 heterocycles. The van der Waals surface area contributed by atoms with Gasteiger partial charge < -0.3 is 14.8 Å². The lowest BCUT2D eigenvalue weighted by atomic mass is 10.1. The summed E-state index contributed by atoms with van der Waals surface area (Å²) in [6.07, 6.45) is 0. The fraction of sp³-hybridized carbons (Fsp3) is 0.278. The van der Waals surface area contributed by atoms with Crippen LogP contribution >= 0.6 is 15.9 Å². The zero-order valence-corrected chi connectivity index (χ0v) is 14.9. The zero-order valence-electron chi connectivity index (χ0n) is 13.3. The molecule has 0 saturated heterocycles. The van der Waals surface area contributed by atoms with Crippen molar-refractivity contribution in [3.8, 4) is 11.5 Å². The van der Waals surface area contributed by atoms with Gasteiger partial charge in [0, 0.05) is 4.47 Å². The number of benzene rings is 2. The van der Waals surface area contributed by atoms with Crippen LogP contribution in [0, 0.1) is 13.8 Å². The highest BCUT2D eigenvalue weighted by Gasteiger charge is 2.03. The summed E-state index contributed by atoms with van der Waals surface area (Å²) in [7, 11) is 0. The van der Waals surface area contributed by atoms with Crippen molar-refractivity contribution in [3.05, 3.63) is 58.1 Å². The van der Waals surface area contributed by atoms with E-state index in [1.54, 1.807) is 6.07 Å². The average molecular weight is 378 g/mol. The van der Waals surface area contributed by atoms with Crippen molar-refractivity contribution in [1.82, 2.24) is 5.32 Å². The molecular formula is C18H20BrNO3. The van der Waals surface area contributed by atoms with E-state index in [0.717, 1.165) is 21.3 Å². The van der Waals surface area contributed by atoms with Gasteiger partial charge in [-0.2, -0.15) is 0 Å². The number of aryl methyl sites for hydroxylation is 2. The van der Waals surface area contributed by atoms with Gasteiger partial charge in [-0.25, -0.2) is 0 Å². The maximum Gasteiger partial charge on any atom is 0.258 e. The van der Waals surface area contributed by atoms with Gasteiger partial charge >= 0.3 is 0 Å². The first-order valence-electron chi connectivity index (χ1n) is 7.39. The molecule has 2 rings (SSSR count). The lowest BCUT2D eigenvalue weighted by Crippen LogP contribution is -2.32. The number of carbonyl (C=O) groups is 1. The molecule has 2 aromatic carbocycles. The van der Waals surface area contributed by atoms with Gasteiger partial charge in [-0.3, -0.25) is 4.79 Å². The van der Waals surface area contributed by atoms with Gasteiger partial charge in [-0.05, 0) is 55.3 Å². The van der Waals surface area contributed by atoms with Gasteiger partial charge in [0.05, 0.1) is 6.54 Å². The van der Waals surface area contributed by atoms with Gasteiger partial charge in [0.1, 0.15) is 18.1 Å². The maximum atomic E-state index is 11.7. The van der Waals surface area contributed by atoms with Gasteiger partial charge in [0.25, 0.3) is 5.91 Å². The summed E-state index contributed by atoms with van der Waals surface area (Å²) < 4.78 is 12.0. The number of carbonyl (C=O) groups excluding carboxylic acids is 1. The highest BCUT2D eigenvalue weighted by molar-refractivity contribution is 9.10. The van der Waals surface area contributed by atoms with Crippen LogP contribution in [-0.2, 0) is 4.79 Å². The molecule has 0 atom stereocenters. The van der Waals surface area contributed by atoms with Crippen molar-refractivity contribution >= 4 is 21.8 Å². The summed E-state index contributed by atoms with van der Waals surface area (Å²) in [5, 5.41) is 2.77. The predicted molar refractivity (Wildman–Crippen MR) is 94.1 cm³/mol. The molecule has 4 nitrogen and oxygen atoms in total. The third-order valence-electron chi connectivity index (χ3n) is 3.05. The normalized spacial score (nSPS) is 10.2. The van der Waals surface area contributed by atoms with Crippen molar-refractivity contribution in [2.75, 3.05) is 19.8 Å². The quantitative estimate of drug-likeness (QED) is 0.749. The number of nitrogens with one attached hydrogen (secondary N) is 1. The summed E-state index contributed by atoms with van der Waals surface area (Å²) >= 11 is 3.36. The van der Waals surface area contributed by atoms with Gasteiger partial charge in [-0.1, -0.05) is 28.1 Å². The first-order valence-corrected chi connectivity index (χ1v) is 8.18. The molecule has 0 saturated carbocycles. The average Bonchev–Trinajstić information content (AvgIpc) is 2.49. The number of rotatable bonds is 7. The molecule has 0 radical (unpaired) electrons. The Balaban J connectivity index is 1.66. The highest BCUT2D eigenvalue weighted by Crippen LogP contribution is 2.17. The molecule has 122 valence electrons. The Morgan fingerprint density at radius 2 is 1.78 bits per heavy atom. The molecule has 5 heteroatoms. The highest BCUT2D eigenvalue weighted by atomic mass is 79.9. The van der Waals surface area contributed by atoms with Gasteiger partial charge in [0.2, 0.25) is 0 Å². The molecule has 0 aliphatic carbocycles. The zero-order chi connectivity index (χ0) is 16.7. The molecule has 0 fully saturated rings. The largest absolute Gasteiger partial charge is 0.492 e. The van der Waals surface area contributed by atoms with Gasteiger partial charge in [0.15, 0.2) is 6.61 Å². The van der Waals surface area contributed by atoms with E-state index in [-0.39, 0.29) is 12.5 Å². The molecule has 23 heavy (non-hydrogen) atoms. The Morgan fingerprint density at radius 3 is 2.48 bits per heavy atom. The second-order valence-corrected chi connectivity index (χ2v) is 6.18. The summed E-state index contributed by atoms with van der Waals surface area (Å²) in [5.41, 5.74) is 2.32.